The van der Waals surface area contributed by atoms with Crippen molar-refractivity contribution in [2.24, 2.45) is 5.10 Å². The summed E-state index contributed by atoms with van der Waals surface area (Å²) in [6, 6.07) is 7.99. The summed E-state index contributed by atoms with van der Waals surface area (Å²) < 4.78 is 4.89. The van der Waals surface area contributed by atoms with E-state index in [-0.39, 0.29) is 12.4 Å². The second-order valence-electron chi connectivity index (χ2n) is 4.33. The Balaban J connectivity index is 1.93. The SMILES string of the molecule is CCOC(=O)Cc1csc(NN=Cc2ccccc2CBr)n1. The number of hydrazone groups is 1. The van der Waals surface area contributed by atoms with E-state index in [0.29, 0.717) is 17.4 Å². The van der Waals surface area contributed by atoms with Gasteiger partial charge in [0.15, 0.2) is 0 Å². The van der Waals surface area contributed by atoms with Gasteiger partial charge in [-0.25, -0.2) is 4.98 Å². The summed E-state index contributed by atoms with van der Waals surface area (Å²) in [6.07, 6.45) is 1.94. The molecule has 22 heavy (non-hydrogen) atoms. The fourth-order valence-corrected chi connectivity index (χ4v) is 2.91. The van der Waals surface area contributed by atoms with Crippen molar-refractivity contribution in [2.75, 3.05) is 12.0 Å². The van der Waals surface area contributed by atoms with Crippen LogP contribution in [0.15, 0.2) is 34.7 Å². The lowest BCUT2D eigenvalue weighted by molar-refractivity contribution is -0.142. The zero-order chi connectivity index (χ0) is 15.8. The molecule has 0 spiro atoms. The van der Waals surface area contributed by atoms with E-state index in [1.807, 2.05) is 29.6 Å². The number of benzene rings is 1. The third kappa shape index (κ3) is 4.92. The van der Waals surface area contributed by atoms with E-state index in [1.54, 1.807) is 13.1 Å². The van der Waals surface area contributed by atoms with Crippen LogP contribution in [0.5, 0.6) is 0 Å². The molecule has 0 bridgehead atoms. The average molecular weight is 382 g/mol. The standard InChI is InChI=1S/C15H16BrN3O2S/c1-2-21-14(20)7-13-10-22-15(18-13)19-17-9-12-6-4-3-5-11(12)8-16/h3-6,9-10H,2,7-8H2,1H3,(H,18,19). The number of nitrogens with one attached hydrogen (secondary N) is 1. The van der Waals surface area contributed by atoms with Crippen molar-refractivity contribution < 1.29 is 9.53 Å². The van der Waals surface area contributed by atoms with Gasteiger partial charge in [0.2, 0.25) is 5.13 Å². The quantitative estimate of drug-likeness (QED) is 0.344. The molecule has 116 valence electrons. The van der Waals surface area contributed by atoms with Gasteiger partial charge in [-0.3, -0.25) is 10.2 Å². The van der Waals surface area contributed by atoms with Crippen molar-refractivity contribution in [1.82, 2.24) is 4.98 Å². The van der Waals surface area contributed by atoms with Gasteiger partial charge in [0.1, 0.15) is 0 Å². The number of ether oxygens (including phenoxy) is 1. The van der Waals surface area contributed by atoms with E-state index in [1.165, 1.54) is 11.3 Å². The third-order valence-electron chi connectivity index (χ3n) is 2.75. The van der Waals surface area contributed by atoms with E-state index >= 15 is 0 Å². The molecule has 2 rings (SSSR count). The predicted octanol–water partition coefficient (Wildman–Crippen LogP) is 3.59. The molecule has 1 aromatic carbocycles. The number of halogens is 1. The van der Waals surface area contributed by atoms with Gasteiger partial charge in [-0.1, -0.05) is 40.2 Å². The number of nitrogens with zero attached hydrogens (tertiary/aromatic N) is 2. The summed E-state index contributed by atoms with van der Waals surface area (Å²) in [4.78, 5) is 15.7. The molecule has 0 saturated carbocycles. The lowest BCUT2D eigenvalue weighted by Crippen LogP contribution is -2.07. The highest BCUT2D eigenvalue weighted by molar-refractivity contribution is 9.08. The first-order valence-electron chi connectivity index (χ1n) is 6.76. The number of carbonyl (C=O) groups is 1. The fourth-order valence-electron chi connectivity index (χ4n) is 1.74. The number of hydrogen-bond acceptors (Lipinski definition) is 6. The summed E-state index contributed by atoms with van der Waals surface area (Å²) in [7, 11) is 0. The van der Waals surface area contributed by atoms with E-state index in [0.717, 1.165) is 16.5 Å². The van der Waals surface area contributed by atoms with Crippen molar-refractivity contribution >= 4 is 44.6 Å². The summed E-state index contributed by atoms with van der Waals surface area (Å²) in [5.74, 6) is -0.269. The van der Waals surface area contributed by atoms with Crippen molar-refractivity contribution in [3.05, 3.63) is 46.5 Å². The normalized spacial score (nSPS) is 10.8. The van der Waals surface area contributed by atoms with Crippen LogP contribution < -0.4 is 5.43 Å². The Morgan fingerprint density at radius 2 is 2.32 bits per heavy atom. The van der Waals surface area contributed by atoms with Crippen LogP contribution in [-0.4, -0.2) is 23.8 Å². The van der Waals surface area contributed by atoms with Crippen LogP contribution in [0.3, 0.4) is 0 Å². The van der Waals surface area contributed by atoms with Gasteiger partial charge in [-0.15, -0.1) is 11.3 Å². The van der Waals surface area contributed by atoms with E-state index in [2.05, 4.69) is 31.4 Å². The van der Waals surface area contributed by atoms with E-state index in [4.69, 9.17) is 4.74 Å². The minimum absolute atomic E-state index is 0.183. The predicted molar refractivity (Wildman–Crippen MR) is 92.7 cm³/mol. The number of anilines is 1. The molecular formula is C15H16BrN3O2S. The molecule has 1 N–H and O–H groups in total. The highest BCUT2D eigenvalue weighted by Crippen LogP contribution is 2.16. The Kier molecular flexibility index (Phi) is 6.54. The van der Waals surface area contributed by atoms with Crippen LogP contribution in [0.2, 0.25) is 0 Å². The monoisotopic (exact) mass is 381 g/mol. The lowest BCUT2D eigenvalue weighted by atomic mass is 10.1. The molecule has 1 aromatic heterocycles. The average Bonchev–Trinajstić information content (AvgIpc) is 2.95. The van der Waals surface area contributed by atoms with Crippen molar-refractivity contribution in [2.45, 2.75) is 18.7 Å². The van der Waals surface area contributed by atoms with Gasteiger partial charge in [0.05, 0.1) is 24.9 Å². The molecule has 7 heteroatoms. The number of esters is 1. The van der Waals surface area contributed by atoms with Crippen molar-refractivity contribution in [1.29, 1.82) is 0 Å². The molecule has 0 aliphatic rings. The molecule has 0 unspecified atom stereocenters. The maximum absolute atomic E-state index is 11.4. The number of alkyl halides is 1. The number of thiazole rings is 1. The van der Waals surface area contributed by atoms with Crippen molar-refractivity contribution in [3.8, 4) is 0 Å². The molecule has 2 aromatic rings. The van der Waals surface area contributed by atoms with Crippen LogP contribution in [0.1, 0.15) is 23.7 Å². The smallest absolute Gasteiger partial charge is 0.311 e. The Labute approximate surface area is 141 Å². The molecule has 0 amide bonds. The maximum Gasteiger partial charge on any atom is 0.311 e. The van der Waals surface area contributed by atoms with Gasteiger partial charge >= 0.3 is 5.97 Å². The highest BCUT2D eigenvalue weighted by Gasteiger charge is 2.07. The minimum Gasteiger partial charge on any atom is -0.466 e. The van der Waals surface area contributed by atoms with Crippen LogP contribution in [0, 0.1) is 0 Å². The van der Waals surface area contributed by atoms with E-state index in [9.17, 15) is 4.79 Å². The van der Waals surface area contributed by atoms with Crippen LogP contribution in [0.25, 0.3) is 0 Å². The first-order valence-corrected chi connectivity index (χ1v) is 8.76. The fraction of sp³-hybridized carbons (Fsp3) is 0.267. The van der Waals surface area contributed by atoms with Crippen LogP contribution >= 0.6 is 27.3 Å². The zero-order valence-corrected chi connectivity index (χ0v) is 14.5. The largest absolute Gasteiger partial charge is 0.466 e. The summed E-state index contributed by atoms with van der Waals surface area (Å²) >= 11 is 4.85. The van der Waals surface area contributed by atoms with Gasteiger partial charge in [-0.05, 0) is 18.1 Å². The Hall–Kier alpha value is -1.73. The van der Waals surface area contributed by atoms with Gasteiger partial charge in [-0.2, -0.15) is 5.10 Å². The number of rotatable bonds is 7. The highest BCUT2D eigenvalue weighted by atomic mass is 79.9. The molecule has 0 aliphatic carbocycles. The van der Waals surface area contributed by atoms with Gasteiger partial charge in [0, 0.05) is 10.7 Å². The molecule has 0 saturated heterocycles. The topological polar surface area (TPSA) is 63.6 Å². The van der Waals surface area contributed by atoms with Crippen LogP contribution in [0.4, 0.5) is 5.13 Å². The molecule has 0 fully saturated rings. The first kappa shape index (κ1) is 16.6. The van der Waals surface area contributed by atoms with Crippen molar-refractivity contribution in [3.63, 3.8) is 0 Å². The van der Waals surface area contributed by atoms with Crippen LogP contribution in [-0.2, 0) is 21.3 Å². The molecule has 0 radical (unpaired) electrons. The number of carbonyl (C=O) groups excluding carboxylic acids is 1. The third-order valence-corrected chi connectivity index (χ3v) is 4.15. The Bertz CT molecular complexity index is 658. The molecule has 0 aliphatic heterocycles. The summed E-state index contributed by atoms with van der Waals surface area (Å²) in [5, 5.41) is 7.43. The van der Waals surface area contributed by atoms with E-state index < -0.39 is 0 Å². The second kappa shape index (κ2) is 8.65. The number of aromatic nitrogens is 1. The second-order valence-corrected chi connectivity index (χ2v) is 5.75. The van der Waals surface area contributed by atoms with Gasteiger partial charge < -0.3 is 4.74 Å². The lowest BCUT2D eigenvalue weighted by Gasteiger charge is -2.00. The molecule has 5 nitrogen and oxygen atoms in total. The van der Waals surface area contributed by atoms with Gasteiger partial charge in [0.25, 0.3) is 0 Å². The first-order chi connectivity index (χ1) is 10.7. The summed E-state index contributed by atoms with van der Waals surface area (Å²) in [6.45, 7) is 2.16. The zero-order valence-electron chi connectivity index (χ0n) is 12.1. The molecular weight excluding hydrogens is 366 g/mol. The summed E-state index contributed by atoms with van der Waals surface area (Å²) in [5.41, 5.74) is 5.76. The number of hydrogen-bond donors (Lipinski definition) is 1. The Morgan fingerprint density at radius 3 is 3.09 bits per heavy atom. The Morgan fingerprint density at radius 1 is 1.50 bits per heavy atom. The minimum atomic E-state index is -0.269. The molecule has 0 atom stereocenters. The maximum atomic E-state index is 11.4. The molecule has 1 heterocycles.